The molecular formula is C16H26NO+. The van der Waals surface area contributed by atoms with Crippen LogP contribution in [0.25, 0.3) is 0 Å². The van der Waals surface area contributed by atoms with Crippen molar-refractivity contribution in [1.29, 1.82) is 0 Å². The Labute approximate surface area is 111 Å². The summed E-state index contributed by atoms with van der Waals surface area (Å²) in [4.78, 5) is 0. The number of hydrogen-bond acceptors (Lipinski definition) is 1. The van der Waals surface area contributed by atoms with Crippen LogP contribution >= 0.6 is 0 Å². The predicted octanol–water partition coefficient (Wildman–Crippen LogP) is 2.00. The molecule has 0 unspecified atom stereocenters. The van der Waals surface area contributed by atoms with E-state index in [-0.39, 0.29) is 0 Å². The average molecular weight is 248 g/mol. The van der Waals surface area contributed by atoms with Crippen LogP contribution in [0.15, 0.2) is 30.3 Å². The van der Waals surface area contributed by atoms with Gasteiger partial charge in [-0.25, -0.2) is 0 Å². The van der Waals surface area contributed by atoms with Crippen molar-refractivity contribution in [3.8, 4) is 0 Å². The van der Waals surface area contributed by atoms with Gasteiger partial charge in [0, 0.05) is 13.0 Å². The maximum absolute atomic E-state index is 5.90. The highest BCUT2D eigenvalue weighted by Gasteiger charge is 2.26. The third-order valence-electron chi connectivity index (χ3n) is 3.86. The number of hydrogen-bond donors (Lipinski definition) is 1. The van der Waals surface area contributed by atoms with E-state index in [9.17, 15) is 0 Å². The monoisotopic (exact) mass is 248 g/mol. The molecule has 1 aliphatic rings. The lowest BCUT2D eigenvalue weighted by Gasteiger charge is -2.22. The highest BCUT2D eigenvalue weighted by molar-refractivity contribution is 5.15. The molecule has 0 bridgehead atoms. The summed E-state index contributed by atoms with van der Waals surface area (Å²) in [6.45, 7) is 5.60. The van der Waals surface area contributed by atoms with E-state index in [0.29, 0.717) is 12.0 Å². The van der Waals surface area contributed by atoms with Crippen LogP contribution in [-0.2, 0) is 11.2 Å². The van der Waals surface area contributed by atoms with Gasteiger partial charge in [-0.05, 0) is 37.7 Å². The second-order valence-corrected chi connectivity index (χ2v) is 5.28. The van der Waals surface area contributed by atoms with E-state index >= 15 is 0 Å². The number of benzene rings is 1. The van der Waals surface area contributed by atoms with Gasteiger partial charge in [-0.3, -0.25) is 0 Å². The van der Waals surface area contributed by atoms with Gasteiger partial charge in [0.15, 0.2) is 0 Å². The minimum Gasteiger partial charge on any atom is -0.378 e. The Balaban J connectivity index is 1.90. The smallest absolute Gasteiger partial charge is 0.0759 e. The van der Waals surface area contributed by atoms with Crippen molar-refractivity contribution >= 4 is 0 Å². The summed E-state index contributed by atoms with van der Waals surface area (Å²) in [5.74, 6) is 0.692. The molecule has 1 saturated heterocycles. The molecule has 0 saturated carbocycles. The molecule has 0 aromatic heterocycles. The first-order chi connectivity index (χ1) is 8.90. The van der Waals surface area contributed by atoms with Crippen molar-refractivity contribution in [3.63, 3.8) is 0 Å². The van der Waals surface area contributed by atoms with Gasteiger partial charge in [0.05, 0.1) is 19.2 Å². The van der Waals surface area contributed by atoms with Gasteiger partial charge in [-0.1, -0.05) is 30.3 Å². The molecule has 1 aliphatic heterocycles. The van der Waals surface area contributed by atoms with Gasteiger partial charge in [0.2, 0.25) is 0 Å². The summed E-state index contributed by atoms with van der Waals surface area (Å²) in [5.41, 5.74) is 1.45. The SMILES string of the molecule is CC[NH2+]CC[C@@H](Cc1ccccc1)[C@@H]1CCCO1. The van der Waals surface area contributed by atoms with Crippen LogP contribution < -0.4 is 5.32 Å². The van der Waals surface area contributed by atoms with E-state index < -0.39 is 0 Å². The zero-order valence-corrected chi connectivity index (χ0v) is 11.5. The van der Waals surface area contributed by atoms with Crippen LogP contribution in [0, 0.1) is 5.92 Å². The Kier molecular flexibility index (Phi) is 5.69. The summed E-state index contributed by atoms with van der Waals surface area (Å²) >= 11 is 0. The molecule has 1 heterocycles. The van der Waals surface area contributed by atoms with Crippen molar-refractivity contribution in [2.24, 2.45) is 5.92 Å². The fourth-order valence-corrected chi connectivity index (χ4v) is 2.85. The van der Waals surface area contributed by atoms with Gasteiger partial charge in [-0.2, -0.15) is 0 Å². The van der Waals surface area contributed by atoms with E-state index in [4.69, 9.17) is 4.74 Å². The summed E-state index contributed by atoms with van der Waals surface area (Å²) in [6, 6.07) is 10.9. The standard InChI is InChI=1S/C16H25NO/c1-2-17-11-10-15(16-9-6-12-18-16)13-14-7-4-3-5-8-14/h3-5,7-8,15-17H,2,6,9-13H2,1H3/p+1/t15-,16-/m0/s1. The lowest BCUT2D eigenvalue weighted by molar-refractivity contribution is -0.652. The van der Waals surface area contributed by atoms with Crippen LogP contribution in [0.5, 0.6) is 0 Å². The first-order valence-corrected chi connectivity index (χ1v) is 7.37. The Bertz CT molecular complexity index is 319. The fraction of sp³-hybridized carbons (Fsp3) is 0.625. The number of rotatable bonds is 7. The molecule has 2 nitrogen and oxygen atoms in total. The largest absolute Gasteiger partial charge is 0.378 e. The van der Waals surface area contributed by atoms with Gasteiger partial charge in [0.1, 0.15) is 0 Å². The van der Waals surface area contributed by atoms with Crippen molar-refractivity contribution in [2.75, 3.05) is 19.7 Å². The number of nitrogens with two attached hydrogens (primary N) is 1. The molecule has 0 amide bonds. The molecule has 2 rings (SSSR count). The van der Waals surface area contributed by atoms with E-state index in [1.165, 1.54) is 44.3 Å². The maximum Gasteiger partial charge on any atom is 0.0759 e. The molecule has 1 aromatic carbocycles. The molecule has 0 spiro atoms. The third kappa shape index (κ3) is 4.11. The molecule has 1 aromatic rings. The highest BCUT2D eigenvalue weighted by Crippen LogP contribution is 2.25. The summed E-state index contributed by atoms with van der Waals surface area (Å²) in [7, 11) is 0. The van der Waals surface area contributed by atoms with E-state index in [0.717, 1.165) is 6.61 Å². The van der Waals surface area contributed by atoms with E-state index in [1.54, 1.807) is 0 Å². The Hall–Kier alpha value is -0.860. The molecule has 2 atom stereocenters. The summed E-state index contributed by atoms with van der Waals surface area (Å²) in [6.07, 6.45) is 5.43. The maximum atomic E-state index is 5.90. The molecule has 1 fully saturated rings. The Morgan fingerprint density at radius 2 is 2.17 bits per heavy atom. The summed E-state index contributed by atoms with van der Waals surface area (Å²) < 4.78 is 5.90. The number of quaternary nitrogens is 1. The molecule has 2 N–H and O–H groups in total. The van der Waals surface area contributed by atoms with Gasteiger partial charge >= 0.3 is 0 Å². The fourth-order valence-electron chi connectivity index (χ4n) is 2.85. The van der Waals surface area contributed by atoms with Crippen molar-refractivity contribution in [2.45, 2.75) is 38.7 Å². The number of ether oxygens (including phenoxy) is 1. The zero-order chi connectivity index (χ0) is 12.6. The minimum absolute atomic E-state index is 0.496. The van der Waals surface area contributed by atoms with Crippen LogP contribution in [0.3, 0.4) is 0 Å². The predicted molar refractivity (Wildman–Crippen MR) is 74.6 cm³/mol. The molecule has 0 radical (unpaired) electrons. The first kappa shape index (κ1) is 13.6. The molecule has 0 aliphatic carbocycles. The topological polar surface area (TPSA) is 25.8 Å². The molecular weight excluding hydrogens is 222 g/mol. The minimum atomic E-state index is 0.496. The van der Waals surface area contributed by atoms with Crippen LogP contribution in [0.2, 0.25) is 0 Å². The van der Waals surface area contributed by atoms with Crippen molar-refractivity contribution in [1.82, 2.24) is 0 Å². The average Bonchev–Trinajstić information content (AvgIpc) is 2.93. The van der Waals surface area contributed by atoms with Crippen LogP contribution in [0.4, 0.5) is 0 Å². The lowest BCUT2D eigenvalue weighted by atomic mass is 9.89. The quantitative estimate of drug-likeness (QED) is 0.734. The van der Waals surface area contributed by atoms with Gasteiger partial charge < -0.3 is 10.1 Å². The van der Waals surface area contributed by atoms with Crippen molar-refractivity contribution in [3.05, 3.63) is 35.9 Å². The van der Waals surface area contributed by atoms with Crippen LogP contribution in [0.1, 0.15) is 31.7 Å². The Morgan fingerprint density at radius 3 is 2.83 bits per heavy atom. The summed E-state index contributed by atoms with van der Waals surface area (Å²) in [5, 5.41) is 2.40. The first-order valence-electron chi connectivity index (χ1n) is 7.37. The van der Waals surface area contributed by atoms with Gasteiger partial charge in [-0.15, -0.1) is 0 Å². The second-order valence-electron chi connectivity index (χ2n) is 5.28. The van der Waals surface area contributed by atoms with Crippen LogP contribution in [-0.4, -0.2) is 25.8 Å². The van der Waals surface area contributed by atoms with E-state index in [1.807, 2.05) is 0 Å². The molecule has 100 valence electrons. The Morgan fingerprint density at radius 1 is 1.33 bits per heavy atom. The normalized spacial score (nSPS) is 21.1. The lowest BCUT2D eigenvalue weighted by Crippen LogP contribution is -2.83. The zero-order valence-electron chi connectivity index (χ0n) is 11.5. The second kappa shape index (κ2) is 7.55. The highest BCUT2D eigenvalue weighted by atomic mass is 16.5. The van der Waals surface area contributed by atoms with Crippen molar-refractivity contribution < 1.29 is 10.1 Å². The molecule has 18 heavy (non-hydrogen) atoms. The molecule has 2 heteroatoms. The van der Waals surface area contributed by atoms with Gasteiger partial charge in [0.25, 0.3) is 0 Å². The van der Waals surface area contributed by atoms with E-state index in [2.05, 4.69) is 42.6 Å². The third-order valence-corrected chi connectivity index (χ3v) is 3.86.